The van der Waals surface area contributed by atoms with Crippen LogP contribution in [0.2, 0.25) is 0 Å². The number of nitrogens with zero attached hydrogens (tertiary/aromatic N) is 4. The summed E-state index contributed by atoms with van der Waals surface area (Å²) in [6.45, 7) is 3.79. The second-order valence-electron chi connectivity index (χ2n) is 4.24. The molecule has 0 aliphatic rings. The molecule has 0 amide bonds. The Balaban J connectivity index is 2.31. The lowest BCUT2D eigenvalue weighted by Crippen LogP contribution is -2.01. The van der Waals surface area contributed by atoms with E-state index in [4.69, 9.17) is 0 Å². The van der Waals surface area contributed by atoms with Crippen LogP contribution in [-0.2, 0) is 0 Å². The molecular formula is C12H9BrF2N4. The zero-order valence-corrected chi connectivity index (χ0v) is 11.7. The summed E-state index contributed by atoms with van der Waals surface area (Å²) in [6, 6.07) is 3.82. The smallest absolute Gasteiger partial charge is 0.254 e. The highest BCUT2D eigenvalue weighted by atomic mass is 79.9. The molecule has 0 aliphatic heterocycles. The number of aromatic nitrogens is 4. The number of rotatable bonds is 1. The molecule has 0 radical (unpaired) electrons. The predicted molar refractivity (Wildman–Crippen MR) is 69.4 cm³/mol. The van der Waals surface area contributed by atoms with Crippen molar-refractivity contribution in [1.29, 1.82) is 0 Å². The summed E-state index contributed by atoms with van der Waals surface area (Å²) in [6.07, 6.45) is 1.09. The van der Waals surface area contributed by atoms with Crippen molar-refractivity contribution in [2.45, 2.75) is 13.8 Å². The first-order chi connectivity index (χ1) is 8.99. The van der Waals surface area contributed by atoms with Crippen LogP contribution in [0.15, 0.2) is 22.8 Å². The Morgan fingerprint density at radius 1 is 1.16 bits per heavy atom. The number of hydrogen-bond donors (Lipinski definition) is 0. The molecule has 98 valence electrons. The Kier molecular flexibility index (Phi) is 2.67. The number of fused-ring (bicyclic) bond motifs is 1. The first-order valence-electron chi connectivity index (χ1n) is 5.54. The van der Waals surface area contributed by atoms with Crippen LogP contribution in [-0.4, -0.2) is 19.2 Å². The minimum atomic E-state index is -0.763. The van der Waals surface area contributed by atoms with E-state index in [0.29, 0.717) is 5.95 Å². The van der Waals surface area contributed by atoms with Crippen LogP contribution in [0.25, 0.3) is 11.6 Å². The van der Waals surface area contributed by atoms with E-state index in [0.717, 1.165) is 22.1 Å². The first-order valence-corrected chi connectivity index (χ1v) is 6.33. The van der Waals surface area contributed by atoms with Crippen LogP contribution >= 0.6 is 15.9 Å². The fourth-order valence-electron chi connectivity index (χ4n) is 2.00. The lowest BCUT2D eigenvalue weighted by atomic mass is 10.4. The second-order valence-corrected chi connectivity index (χ2v) is 5.03. The Morgan fingerprint density at radius 3 is 2.42 bits per heavy atom. The molecule has 0 N–H and O–H groups in total. The van der Waals surface area contributed by atoms with Crippen molar-refractivity contribution >= 4 is 21.6 Å². The maximum atomic E-state index is 13.9. The molecule has 19 heavy (non-hydrogen) atoms. The van der Waals surface area contributed by atoms with E-state index in [1.807, 2.05) is 26.0 Å². The molecule has 0 atom stereocenters. The summed E-state index contributed by atoms with van der Waals surface area (Å²) in [5.41, 5.74) is 1.83. The van der Waals surface area contributed by atoms with Gasteiger partial charge in [-0.3, -0.25) is 4.57 Å². The van der Waals surface area contributed by atoms with Gasteiger partial charge in [0, 0.05) is 11.4 Å². The summed E-state index contributed by atoms with van der Waals surface area (Å²) in [7, 11) is 0. The monoisotopic (exact) mass is 326 g/mol. The Morgan fingerprint density at radius 2 is 1.79 bits per heavy atom. The normalized spacial score (nSPS) is 11.4. The molecule has 0 unspecified atom stereocenters. The standard InChI is InChI=1S/C12H9BrF2N4/c1-6-3-4-7(2)19(6)12-16-11-10(15)9(13)8(14)5-18(11)17-12/h3-5H,1-2H3. The maximum Gasteiger partial charge on any atom is 0.254 e. The molecule has 0 saturated heterocycles. The van der Waals surface area contributed by atoms with Crippen LogP contribution in [0.5, 0.6) is 0 Å². The number of aryl methyl sites for hydroxylation is 2. The van der Waals surface area contributed by atoms with Gasteiger partial charge < -0.3 is 0 Å². The van der Waals surface area contributed by atoms with Crippen molar-refractivity contribution in [2.24, 2.45) is 0 Å². The molecule has 0 saturated carbocycles. The van der Waals surface area contributed by atoms with Gasteiger partial charge in [0.25, 0.3) is 5.95 Å². The number of pyridine rings is 1. The van der Waals surface area contributed by atoms with E-state index in [-0.39, 0.29) is 10.1 Å². The molecule has 7 heteroatoms. The summed E-state index contributed by atoms with van der Waals surface area (Å²) < 4.78 is 30.0. The third-order valence-electron chi connectivity index (χ3n) is 2.93. The third-order valence-corrected chi connectivity index (χ3v) is 3.65. The summed E-state index contributed by atoms with van der Waals surface area (Å²) in [4.78, 5) is 4.12. The highest BCUT2D eigenvalue weighted by molar-refractivity contribution is 9.10. The fraction of sp³-hybridized carbons (Fsp3) is 0.167. The Bertz CT molecular complexity index is 771. The van der Waals surface area contributed by atoms with Crippen molar-refractivity contribution in [3.05, 3.63) is 45.8 Å². The van der Waals surface area contributed by atoms with Crippen LogP contribution in [0.1, 0.15) is 11.4 Å². The van der Waals surface area contributed by atoms with Gasteiger partial charge in [-0.25, -0.2) is 13.3 Å². The fourth-order valence-corrected chi connectivity index (χ4v) is 2.28. The minimum Gasteiger partial charge on any atom is -0.286 e. The average Bonchev–Trinajstić information content (AvgIpc) is 2.90. The van der Waals surface area contributed by atoms with Gasteiger partial charge >= 0.3 is 0 Å². The van der Waals surface area contributed by atoms with E-state index in [2.05, 4.69) is 26.0 Å². The van der Waals surface area contributed by atoms with E-state index in [1.54, 1.807) is 4.57 Å². The Labute approximate surface area is 115 Å². The molecule has 0 aromatic carbocycles. The molecular weight excluding hydrogens is 318 g/mol. The maximum absolute atomic E-state index is 13.9. The van der Waals surface area contributed by atoms with Crippen molar-refractivity contribution < 1.29 is 8.78 Å². The molecule has 0 fully saturated rings. The van der Waals surface area contributed by atoms with E-state index in [9.17, 15) is 8.78 Å². The van der Waals surface area contributed by atoms with E-state index in [1.165, 1.54) is 0 Å². The van der Waals surface area contributed by atoms with Gasteiger partial charge in [-0.05, 0) is 41.9 Å². The minimum absolute atomic E-state index is 0.0178. The van der Waals surface area contributed by atoms with Gasteiger partial charge in [0.2, 0.25) is 0 Å². The zero-order chi connectivity index (χ0) is 13.7. The molecule has 3 rings (SSSR count). The van der Waals surface area contributed by atoms with Gasteiger partial charge in [0.15, 0.2) is 17.3 Å². The average molecular weight is 327 g/mol. The molecule has 3 aromatic heterocycles. The van der Waals surface area contributed by atoms with E-state index < -0.39 is 11.6 Å². The molecule has 3 heterocycles. The molecule has 0 bridgehead atoms. The van der Waals surface area contributed by atoms with Crippen LogP contribution in [0.4, 0.5) is 8.78 Å². The largest absolute Gasteiger partial charge is 0.286 e. The quantitative estimate of drug-likeness (QED) is 0.688. The lowest BCUT2D eigenvalue weighted by Gasteiger charge is -2.01. The summed E-state index contributed by atoms with van der Waals surface area (Å²) in [5.74, 6) is -1.17. The summed E-state index contributed by atoms with van der Waals surface area (Å²) >= 11 is 2.85. The highest BCUT2D eigenvalue weighted by Crippen LogP contribution is 2.23. The van der Waals surface area contributed by atoms with Crippen LogP contribution in [0, 0.1) is 25.5 Å². The van der Waals surface area contributed by atoms with E-state index >= 15 is 0 Å². The van der Waals surface area contributed by atoms with Crippen molar-refractivity contribution in [3.8, 4) is 5.95 Å². The van der Waals surface area contributed by atoms with Gasteiger partial charge in [-0.1, -0.05) is 0 Å². The first kappa shape index (κ1) is 12.3. The topological polar surface area (TPSA) is 35.1 Å². The molecule has 0 spiro atoms. The summed E-state index contributed by atoms with van der Waals surface area (Å²) in [5, 5.41) is 4.11. The van der Waals surface area contributed by atoms with Crippen molar-refractivity contribution in [1.82, 2.24) is 19.2 Å². The SMILES string of the molecule is Cc1ccc(C)n1-c1nc2c(F)c(Br)c(F)cn2n1. The van der Waals surface area contributed by atoms with Crippen molar-refractivity contribution in [3.63, 3.8) is 0 Å². The third kappa shape index (κ3) is 1.76. The number of hydrogen-bond acceptors (Lipinski definition) is 2. The van der Waals surface area contributed by atoms with Crippen LogP contribution < -0.4 is 0 Å². The second kappa shape index (κ2) is 4.12. The van der Waals surface area contributed by atoms with Crippen LogP contribution in [0.3, 0.4) is 0 Å². The molecule has 3 aromatic rings. The zero-order valence-electron chi connectivity index (χ0n) is 10.2. The van der Waals surface area contributed by atoms with Crippen molar-refractivity contribution in [2.75, 3.05) is 0 Å². The van der Waals surface area contributed by atoms with Gasteiger partial charge in [-0.15, -0.1) is 5.10 Å². The van der Waals surface area contributed by atoms with Gasteiger partial charge in [0.1, 0.15) is 0 Å². The number of halogens is 3. The Hall–Kier alpha value is -1.76. The highest BCUT2D eigenvalue weighted by Gasteiger charge is 2.17. The molecule has 4 nitrogen and oxygen atoms in total. The lowest BCUT2D eigenvalue weighted by molar-refractivity contribution is 0.561. The predicted octanol–water partition coefficient (Wildman–Crippen LogP) is 3.18. The molecule has 0 aliphatic carbocycles. The van der Waals surface area contributed by atoms with Gasteiger partial charge in [0.05, 0.1) is 10.7 Å². The van der Waals surface area contributed by atoms with Gasteiger partial charge in [-0.2, -0.15) is 4.98 Å².